The van der Waals surface area contributed by atoms with Crippen LogP contribution in [0.1, 0.15) is 49.9 Å². The Balaban J connectivity index is 1.82. The summed E-state index contributed by atoms with van der Waals surface area (Å²) < 4.78 is 0. The largest absolute Gasteiger partial charge is 0.314 e. The minimum atomic E-state index is 0.664. The lowest BCUT2D eigenvalue weighted by Gasteiger charge is -2.37. The molecule has 1 aromatic heterocycles. The van der Waals surface area contributed by atoms with Crippen LogP contribution in [-0.4, -0.2) is 35.1 Å². The Morgan fingerprint density at radius 2 is 2.32 bits per heavy atom. The highest BCUT2D eigenvalue weighted by atomic mass is 32.1. The van der Waals surface area contributed by atoms with E-state index in [9.17, 15) is 0 Å². The molecule has 2 unspecified atom stereocenters. The van der Waals surface area contributed by atoms with Crippen LogP contribution in [0.15, 0.2) is 6.20 Å². The summed E-state index contributed by atoms with van der Waals surface area (Å²) in [5, 5.41) is 4.94. The molecule has 0 bridgehead atoms. The molecule has 2 heterocycles. The second kappa shape index (κ2) is 7.36. The van der Waals surface area contributed by atoms with Crippen molar-refractivity contribution < 1.29 is 0 Å². The van der Waals surface area contributed by atoms with Crippen molar-refractivity contribution in [2.45, 2.75) is 65.1 Å². The molecule has 0 aromatic carbocycles. The van der Waals surface area contributed by atoms with E-state index >= 15 is 0 Å². The Morgan fingerprint density at radius 3 is 2.95 bits per heavy atom. The summed E-state index contributed by atoms with van der Waals surface area (Å²) in [5.74, 6) is 0. The van der Waals surface area contributed by atoms with Crippen LogP contribution in [0.3, 0.4) is 0 Å². The van der Waals surface area contributed by atoms with Crippen molar-refractivity contribution in [2.24, 2.45) is 0 Å². The molecule has 0 saturated carbocycles. The predicted octanol–water partition coefficient (Wildman–Crippen LogP) is 3.06. The predicted molar refractivity (Wildman–Crippen MR) is 82.7 cm³/mol. The van der Waals surface area contributed by atoms with Gasteiger partial charge in [-0.15, -0.1) is 11.3 Å². The lowest BCUT2D eigenvalue weighted by atomic mass is 9.98. The highest BCUT2D eigenvalue weighted by Gasteiger charge is 2.25. The van der Waals surface area contributed by atoms with Crippen LogP contribution < -0.4 is 5.32 Å². The summed E-state index contributed by atoms with van der Waals surface area (Å²) in [6.07, 6.45) is 6.92. The number of hydrogen-bond donors (Lipinski definition) is 1. The maximum absolute atomic E-state index is 4.55. The number of nitrogens with zero attached hydrogens (tertiary/aromatic N) is 2. The summed E-state index contributed by atoms with van der Waals surface area (Å²) >= 11 is 1.87. The normalized spacial score (nSPS) is 24.8. The highest BCUT2D eigenvalue weighted by molar-refractivity contribution is 7.11. The Morgan fingerprint density at radius 1 is 1.47 bits per heavy atom. The first-order valence-electron chi connectivity index (χ1n) is 7.64. The van der Waals surface area contributed by atoms with Gasteiger partial charge in [0.15, 0.2) is 0 Å². The number of aromatic nitrogens is 1. The fourth-order valence-electron chi connectivity index (χ4n) is 2.75. The van der Waals surface area contributed by atoms with Crippen LogP contribution in [0.5, 0.6) is 0 Å². The third-order valence-corrected chi connectivity index (χ3v) is 5.11. The number of nitrogens with one attached hydrogen (secondary N) is 1. The quantitative estimate of drug-likeness (QED) is 0.868. The van der Waals surface area contributed by atoms with Gasteiger partial charge in [0.05, 0.1) is 6.54 Å². The zero-order valence-electron chi connectivity index (χ0n) is 12.5. The van der Waals surface area contributed by atoms with E-state index in [0.29, 0.717) is 12.1 Å². The fraction of sp³-hybridized carbons (Fsp3) is 0.800. The number of piperidine rings is 1. The van der Waals surface area contributed by atoms with Gasteiger partial charge < -0.3 is 5.32 Å². The molecule has 1 aliphatic rings. The molecule has 2 atom stereocenters. The summed E-state index contributed by atoms with van der Waals surface area (Å²) in [7, 11) is 0. The molecule has 0 radical (unpaired) electrons. The Kier molecular flexibility index (Phi) is 5.79. The number of likely N-dealkylation sites (tertiary alicyclic amines) is 1. The van der Waals surface area contributed by atoms with Crippen LogP contribution in [0.2, 0.25) is 0 Å². The summed E-state index contributed by atoms with van der Waals surface area (Å²) in [6, 6.07) is 1.38. The van der Waals surface area contributed by atoms with Crippen LogP contribution in [0.4, 0.5) is 0 Å². The third-order valence-electron chi connectivity index (χ3n) is 3.99. The van der Waals surface area contributed by atoms with Gasteiger partial charge in [0.2, 0.25) is 0 Å². The zero-order chi connectivity index (χ0) is 13.7. The molecule has 19 heavy (non-hydrogen) atoms. The van der Waals surface area contributed by atoms with Gasteiger partial charge in [-0.25, -0.2) is 4.98 Å². The number of aryl methyl sites for hydroxylation is 1. The SMILES string of the molecule is CCCNC1CCN(Cc2ncc(CC)s2)C(C)C1. The highest BCUT2D eigenvalue weighted by Crippen LogP contribution is 2.22. The van der Waals surface area contributed by atoms with Crippen molar-refractivity contribution in [1.82, 2.24) is 15.2 Å². The Hall–Kier alpha value is -0.450. The van der Waals surface area contributed by atoms with Crippen LogP contribution in [0.25, 0.3) is 0 Å². The summed E-state index contributed by atoms with van der Waals surface area (Å²) in [4.78, 5) is 8.54. The second-order valence-corrected chi connectivity index (χ2v) is 6.77. The van der Waals surface area contributed by atoms with Crippen molar-refractivity contribution in [3.05, 3.63) is 16.1 Å². The van der Waals surface area contributed by atoms with Crippen molar-refractivity contribution in [2.75, 3.05) is 13.1 Å². The summed E-state index contributed by atoms with van der Waals surface area (Å²) in [6.45, 7) is 10.2. The molecule has 1 aromatic rings. The molecule has 2 rings (SSSR count). The monoisotopic (exact) mass is 281 g/mol. The van der Waals surface area contributed by atoms with Gasteiger partial charge in [-0.2, -0.15) is 0 Å². The molecule has 1 fully saturated rings. The lowest BCUT2D eigenvalue weighted by Crippen LogP contribution is -2.47. The van der Waals surface area contributed by atoms with Crippen molar-refractivity contribution in [1.29, 1.82) is 0 Å². The van der Waals surface area contributed by atoms with E-state index in [0.717, 1.165) is 19.5 Å². The lowest BCUT2D eigenvalue weighted by molar-refractivity contribution is 0.128. The van der Waals surface area contributed by atoms with E-state index in [1.807, 2.05) is 17.5 Å². The standard InChI is InChI=1S/C15H27N3S/c1-4-7-16-13-6-8-18(12(3)9-13)11-15-17-10-14(5-2)19-15/h10,12-13,16H,4-9,11H2,1-3H3. The fourth-order valence-corrected chi connectivity index (χ4v) is 3.64. The zero-order valence-corrected chi connectivity index (χ0v) is 13.3. The molecule has 1 N–H and O–H groups in total. The Bertz CT molecular complexity index is 377. The molecule has 0 spiro atoms. The van der Waals surface area contributed by atoms with Gasteiger partial charge in [0.1, 0.15) is 5.01 Å². The maximum atomic E-state index is 4.55. The van der Waals surface area contributed by atoms with Gasteiger partial charge in [0, 0.05) is 29.7 Å². The van der Waals surface area contributed by atoms with E-state index in [4.69, 9.17) is 0 Å². The first-order valence-corrected chi connectivity index (χ1v) is 8.45. The van der Waals surface area contributed by atoms with E-state index in [1.54, 1.807) is 0 Å². The van der Waals surface area contributed by atoms with Gasteiger partial charge in [-0.05, 0) is 39.2 Å². The number of rotatable bonds is 6. The molecular weight excluding hydrogens is 254 g/mol. The Labute approximate surface area is 121 Å². The van der Waals surface area contributed by atoms with Gasteiger partial charge in [-0.1, -0.05) is 13.8 Å². The van der Waals surface area contributed by atoms with E-state index in [2.05, 4.69) is 36.0 Å². The molecule has 0 amide bonds. The molecule has 108 valence electrons. The third kappa shape index (κ3) is 4.26. The maximum Gasteiger partial charge on any atom is 0.107 e. The van der Waals surface area contributed by atoms with Gasteiger partial charge in [0.25, 0.3) is 0 Å². The van der Waals surface area contributed by atoms with Crippen molar-refractivity contribution >= 4 is 11.3 Å². The topological polar surface area (TPSA) is 28.2 Å². The van der Waals surface area contributed by atoms with Crippen LogP contribution >= 0.6 is 11.3 Å². The van der Waals surface area contributed by atoms with E-state index in [1.165, 1.54) is 35.7 Å². The average molecular weight is 281 g/mol. The van der Waals surface area contributed by atoms with Crippen molar-refractivity contribution in [3.63, 3.8) is 0 Å². The average Bonchev–Trinajstić information content (AvgIpc) is 2.87. The minimum absolute atomic E-state index is 0.664. The first kappa shape index (κ1) is 14.9. The van der Waals surface area contributed by atoms with Gasteiger partial charge in [-0.3, -0.25) is 4.90 Å². The number of thiazole rings is 1. The van der Waals surface area contributed by atoms with Gasteiger partial charge >= 0.3 is 0 Å². The number of hydrogen-bond acceptors (Lipinski definition) is 4. The molecule has 1 aliphatic heterocycles. The smallest absolute Gasteiger partial charge is 0.107 e. The van der Waals surface area contributed by atoms with E-state index < -0.39 is 0 Å². The molecular formula is C15H27N3S. The van der Waals surface area contributed by atoms with Crippen molar-refractivity contribution in [3.8, 4) is 0 Å². The van der Waals surface area contributed by atoms with Crippen LogP contribution in [-0.2, 0) is 13.0 Å². The minimum Gasteiger partial charge on any atom is -0.314 e. The summed E-state index contributed by atoms with van der Waals surface area (Å²) in [5.41, 5.74) is 0. The van der Waals surface area contributed by atoms with E-state index in [-0.39, 0.29) is 0 Å². The molecule has 0 aliphatic carbocycles. The second-order valence-electron chi connectivity index (χ2n) is 5.57. The first-order chi connectivity index (χ1) is 9.22. The molecule has 3 nitrogen and oxygen atoms in total. The molecule has 1 saturated heterocycles. The van der Waals surface area contributed by atoms with Crippen LogP contribution in [0, 0.1) is 0 Å². The molecule has 4 heteroatoms.